The summed E-state index contributed by atoms with van der Waals surface area (Å²) in [6.45, 7) is 0.366. The Morgan fingerprint density at radius 3 is 2.56 bits per heavy atom. The van der Waals surface area contributed by atoms with Crippen LogP contribution in [0.15, 0.2) is 71.1 Å². The summed E-state index contributed by atoms with van der Waals surface area (Å²) in [5, 5.41) is 5.77. The van der Waals surface area contributed by atoms with Crippen molar-refractivity contribution in [2.75, 3.05) is 0 Å². The van der Waals surface area contributed by atoms with E-state index in [4.69, 9.17) is 4.74 Å². The number of nitrogens with one attached hydrogen (secondary N) is 1. The summed E-state index contributed by atoms with van der Waals surface area (Å²) in [7, 11) is 0. The van der Waals surface area contributed by atoms with Crippen LogP contribution in [-0.2, 0) is 6.61 Å². The first-order valence-electron chi connectivity index (χ1n) is 7.55. The predicted octanol–water partition coefficient (Wildman–Crippen LogP) is 4.23. The lowest BCUT2D eigenvalue weighted by molar-refractivity contribution is 0.0959. The van der Waals surface area contributed by atoms with E-state index in [-0.39, 0.29) is 11.7 Å². The molecule has 0 aliphatic heterocycles. The lowest BCUT2D eigenvalue weighted by Gasteiger charge is -2.06. The highest BCUT2D eigenvalue weighted by Gasteiger charge is 2.03. The molecular formula is C19H15FN2O2S. The fourth-order valence-electron chi connectivity index (χ4n) is 2.03. The van der Waals surface area contributed by atoms with Gasteiger partial charge in [-0.3, -0.25) is 4.79 Å². The van der Waals surface area contributed by atoms with Crippen molar-refractivity contribution in [3.63, 3.8) is 0 Å². The van der Waals surface area contributed by atoms with Gasteiger partial charge in [-0.25, -0.2) is 9.82 Å². The minimum Gasteiger partial charge on any atom is -0.489 e. The van der Waals surface area contributed by atoms with Crippen LogP contribution in [0.1, 0.15) is 20.8 Å². The number of nitrogens with zero attached hydrogens (tertiary/aromatic N) is 1. The summed E-state index contributed by atoms with van der Waals surface area (Å²) >= 11 is 1.36. The van der Waals surface area contributed by atoms with Crippen molar-refractivity contribution in [1.29, 1.82) is 0 Å². The molecule has 126 valence electrons. The fraction of sp³-hybridized carbons (Fsp3) is 0.0526. The summed E-state index contributed by atoms with van der Waals surface area (Å²) in [4.78, 5) is 12.3. The van der Waals surface area contributed by atoms with E-state index < -0.39 is 0 Å². The molecule has 0 unspecified atom stereocenters. The Bertz CT molecular complexity index is 844. The molecule has 4 nitrogen and oxygen atoms in total. The van der Waals surface area contributed by atoms with Crippen molar-refractivity contribution in [1.82, 2.24) is 5.43 Å². The van der Waals surface area contributed by atoms with Gasteiger partial charge in [0.25, 0.3) is 5.91 Å². The molecule has 1 amide bonds. The quantitative estimate of drug-likeness (QED) is 0.532. The minimum absolute atomic E-state index is 0.231. The van der Waals surface area contributed by atoms with Crippen LogP contribution in [0, 0.1) is 5.82 Å². The van der Waals surface area contributed by atoms with E-state index in [1.165, 1.54) is 23.5 Å². The maximum absolute atomic E-state index is 12.8. The molecule has 6 heteroatoms. The zero-order valence-electron chi connectivity index (χ0n) is 13.2. The molecule has 0 saturated carbocycles. The lowest BCUT2D eigenvalue weighted by Crippen LogP contribution is -2.16. The lowest BCUT2D eigenvalue weighted by atomic mass is 10.2. The highest BCUT2D eigenvalue weighted by molar-refractivity contribution is 7.12. The average Bonchev–Trinajstić information content (AvgIpc) is 3.17. The molecule has 0 saturated heterocycles. The number of ether oxygens (including phenoxy) is 1. The number of carbonyl (C=O) groups is 1. The molecule has 0 spiro atoms. The third-order valence-corrected chi connectivity index (χ3v) is 4.19. The van der Waals surface area contributed by atoms with Gasteiger partial charge in [-0.2, -0.15) is 5.10 Å². The molecule has 2 aromatic carbocycles. The van der Waals surface area contributed by atoms with Gasteiger partial charge < -0.3 is 4.74 Å². The molecular weight excluding hydrogens is 339 g/mol. The van der Waals surface area contributed by atoms with Gasteiger partial charge in [-0.05, 0) is 59.0 Å². The van der Waals surface area contributed by atoms with Crippen molar-refractivity contribution >= 4 is 23.5 Å². The second-order valence-electron chi connectivity index (χ2n) is 5.16. The predicted molar refractivity (Wildman–Crippen MR) is 96.6 cm³/mol. The highest BCUT2D eigenvalue weighted by Crippen LogP contribution is 2.14. The Morgan fingerprint density at radius 2 is 1.88 bits per heavy atom. The van der Waals surface area contributed by atoms with Crippen molar-refractivity contribution in [2.45, 2.75) is 6.61 Å². The van der Waals surface area contributed by atoms with E-state index >= 15 is 0 Å². The van der Waals surface area contributed by atoms with E-state index in [9.17, 15) is 9.18 Å². The first kappa shape index (κ1) is 16.9. The summed E-state index contributed by atoms with van der Waals surface area (Å²) in [5.41, 5.74) is 4.20. The van der Waals surface area contributed by atoms with Crippen LogP contribution < -0.4 is 10.2 Å². The molecule has 3 aromatic rings. The maximum Gasteiger partial charge on any atom is 0.281 e. The molecule has 1 heterocycles. The van der Waals surface area contributed by atoms with Crippen molar-refractivity contribution in [3.8, 4) is 5.75 Å². The summed E-state index contributed by atoms with van der Waals surface area (Å²) in [6, 6.07) is 17.0. The molecule has 0 radical (unpaired) electrons. The van der Waals surface area contributed by atoms with Gasteiger partial charge in [0.15, 0.2) is 0 Å². The Kier molecular flexibility index (Phi) is 5.53. The van der Waals surface area contributed by atoms with Crippen molar-refractivity contribution < 1.29 is 13.9 Å². The molecule has 0 bridgehead atoms. The Labute approximate surface area is 148 Å². The van der Waals surface area contributed by atoms with E-state index in [2.05, 4.69) is 10.5 Å². The van der Waals surface area contributed by atoms with Gasteiger partial charge in [-0.15, -0.1) is 11.3 Å². The van der Waals surface area contributed by atoms with Gasteiger partial charge in [0, 0.05) is 0 Å². The second kappa shape index (κ2) is 8.21. The highest BCUT2D eigenvalue weighted by atomic mass is 32.1. The van der Waals surface area contributed by atoms with Crippen LogP contribution in [0.4, 0.5) is 4.39 Å². The average molecular weight is 354 g/mol. The summed E-state index contributed by atoms with van der Waals surface area (Å²) in [5.74, 6) is 0.202. The van der Waals surface area contributed by atoms with E-state index in [1.54, 1.807) is 24.4 Å². The largest absolute Gasteiger partial charge is 0.489 e. The van der Waals surface area contributed by atoms with Gasteiger partial charge in [0.05, 0.1) is 11.1 Å². The first-order chi connectivity index (χ1) is 12.2. The number of halogens is 1. The topological polar surface area (TPSA) is 50.7 Å². The normalized spacial score (nSPS) is 10.8. The number of hydrazone groups is 1. The van der Waals surface area contributed by atoms with Crippen LogP contribution in [0.25, 0.3) is 0 Å². The monoisotopic (exact) mass is 354 g/mol. The fourth-order valence-corrected chi connectivity index (χ4v) is 2.64. The number of amides is 1. The molecule has 0 aliphatic rings. The number of thiophene rings is 1. The van der Waals surface area contributed by atoms with E-state index in [1.807, 2.05) is 35.7 Å². The van der Waals surface area contributed by atoms with Crippen LogP contribution in [0.5, 0.6) is 5.75 Å². The Morgan fingerprint density at radius 1 is 1.12 bits per heavy atom. The zero-order chi connectivity index (χ0) is 17.5. The number of rotatable bonds is 6. The molecule has 3 rings (SSSR count). The van der Waals surface area contributed by atoms with Crippen LogP contribution in [0.3, 0.4) is 0 Å². The number of hydrogen-bond acceptors (Lipinski definition) is 4. The van der Waals surface area contributed by atoms with Gasteiger partial charge in [-0.1, -0.05) is 18.2 Å². The minimum atomic E-state index is -0.265. The summed E-state index contributed by atoms with van der Waals surface area (Å²) < 4.78 is 18.5. The first-order valence-corrected chi connectivity index (χ1v) is 8.43. The van der Waals surface area contributed by atoms with Crippen molar-refractivity contribution in [2.24, 2.45) is 5.10 Å². The molecule has 1 N–H and O–H groups in total. The van der Waals surface area contributed by atoms with Gasteiger partial charge >= 0.3 is 0 Å². The number of hydrogen-bond donors (Lipinski definition) is 1. The summed E-state index contributed by atoms with van der Waals surface area (Å²) in [6.07, 6.45) is 1.56. The Balaban J connectivity index is 1.50. The van der Waals surface area contributed by atoms with Gasteiger partial charge in [0.2, 0.25) is 0 Å². The molecule has 0 aliphatic carbocycles. The second-order valence-corrected chi connectivity index (χ2v) is 6.11. The third-order valence-electron chi connectivity index (χ3n) is 3.32. The van der Waals surface area contributed by atoms with Crippen LogP contribution in [-0.4, -0.2) is 12.1 Å². The van der Waals surface area contributed by atoms with Crippen molar-refractivity contribution in [3.05, 3.63) is 87.9 Å². The number of benzene rings is 2. The Hall–Kier alpha value is -2.99. The maximum atomic E-state index is 12.8. The van der Waals surface area contributed by atoms with Crippen LogP contribution >= 0.6 is 11.3 Å². The molecule has 0 fully saturated rings. The smallest absolute Gasteiger partial charge is 0.281 e. The van der Waals surface area contributed by atoms with E-state index in [0.29, 0.717) is 17.2 Å². The van der Waals surface area contributed by atoms with Crippen LogP contribution in [0.2, 0.25) is 0 Å². The molecule has 0 atom stereocenters. The molecule has 1 aromatic heterocycles. The standard InChI is InChI=1S/C19H15FN2O2S/c20-16-7-3-15(4-8-16)13-24-17-9-5-14(6-10-17)12-21-22-19(23)18-2-1-11-25-18/h1-12H,13H2,(H,22,23)/b21-12-. The molecule has 25 heavy (non-hydrogen) atoms. The van der Waals surface area contributed by atoms with Gasteiger partial charge in [0.1, 0.15) is 18.2 Å². The third kappa shape index (κ3) is 4.99. The SMILES string of the molecule is O=C(N/N=C\c1ccc(OCc2ccc(F)cc2)cc1)c1cccs1. The number of carbonyl (C=O) groups excluding carboxylic acids is 1. The zero-order valence-corrected chi connectivity index (χ0v) is 14.0. The van der Waals surface area contributed by atoms with E-state index in [0.717, 1.165) is 11.1 Å².